The summed E-state index contributed by atoms with van der Waals surface area (Å²) in [6.45, 7) is 0. The highest BCUT2D eigenvalue weighted by Crippen LogP contribution is 2.39. The number of allylic oxidation sites excluding steroid dienone is 1. The van der Waals surface area contributed by atoms with Crippen LogP contribution >= 0.6 is 0 Å². The van der Waals surface area contributed by atoms with Crippen molar-refractivity contribution in [2.75, 3.05) is 0 Å². The number of nitrogens with one attached hydrogen (secondary N) is 1. The Morgan fingerprint density at radius 1 is 0.955 bits per heavy atom. The molecule has 0 saturated heterocycles. The summed E-state index contributed by atoms with van der Waals surface area (Å²) in [7, 11) is 0. The van der Waals surface area contributed by atoms with Crippen LogP contribution < -0.4 is 5.43 Å². The van der Waals surface area contributed by atoms with Crippen LogP contribution in [0.1, 0.15) is 36.4 Å². The summed E-state index contributed by atoms with van der Waals surface area (Å²) in [5, 5.41) is 4.69. The van der Waals surface area contributed by atoms with Gasteiger partial charge in [0.25, 0.3) is 0 Å². The molecule has 0 aromatic heterocycles. The molecule has 0 amide bonds. The summed E-state index contributed by atoms with van der Waals surface area (Å²) in [5.74, 6) is 0.506. The number of benzene rings is 2. The third-order valence-electron chi connectivity index (χ3n) is 4.67. The SMILES string of the molecule is C(=C1/CCC[C@@H]2C1=NN[C@@H]2c1ccccc1)/c1ccccc1. The normalized spacial score (nSPS) is 25.5. The first kappa shape index (κ1) is 13.3. The molecule has 1 fully saturated rings. The van der Waals surface area contributed by atoms with Crippen LogP contribution in [0.3, 0.4) is 0 Å². The van der Waals surface area contributed by atoms with E-state index in [4.69, 9.17) is 5.10 Å². The first-order chi connectivity index (χ1) is 10.9. The fourth-order valence-corrected chi connectivity index (χ4v) is 3.59. The predicted octanol–water partition coefficient (Wildman–Crippen LogP) is 4.57. The summed E-state index contributed by atoms with van der Waals surface area (Å²) < 4.78 is 0. The summed E-state index contributed by atoms with van der Waals surface area (Å²) >= 11 is 0. The van der Waals surface area contributed by atoms with Crippen molar-refractivity contribution in [1.82, 2.24) is 5.43 Å². The van der Waals surface area contributed by atoms with Gasteiger partial charge in [0, 0.05) is 5.92 Å². The molecule has 110 valence electrons. The van der Waals surface area contributed by atoms with Crippen molar-refractivity contribution in [3.63, 3.8) is 0 Å². The molecular formula is C20H20N2. The molecule has 2 heteroatoms. The Balaban J connectivity index is 1.63. The van der Waals surface area contributed by atoms with E-state index in [-0.39, 0.29) is 0 Å². The van der Waals surface area contributed by atoms with Crippen molar-refractivity contribution in [2.45, 2.75) is 25.3 Å². The zero-order valence-electron chi connectivity index (χ0n) is 12.6. The molecule has 1 saturated carbocycles. The molecular weight excluding hydrogens is 268 g/mol. The number of rotatable bonds is 2. The molecule has 2 atom stereocenters. The van der Waals surface area contributed by atoms with Crippen LogP contribution in [0.15, 0.2) is 71.3 Å². The van der Waals surface area contributed by atoms with Gasteiger partial charge >= 0.3 is 0 Å². The van der Waals surface area contributed by atoms with E-state index in [2.05, 4.69) is 72.2 Å². The second kappa shape index (κ2) is 5.80. The number of hydrazone groups is 1. The number of hydrogen-bond donors (Lipinski definition) is 1. The van der Waals surface area contributed by atoms with Crippen molar-refractivity contribution in [3.8, 4) is 0 Å². The Labute approximate surface area is 131 Å². The molecule has 1 aliphatic heterocycles. The molecule has 22 heavy (non-hydrogen) atoms. The molecule has 2 aliphatic rings. The Bertz CT molecular complexity index is 701. The van der Waals surface area contributed by atoms with Gasteiger partial charge in [0.05, 0.1) is 11.8 Å². The van der Waals surface area contributed by atoms with Gasteiger partial charge in [-0.1, -0.05) is 60.7 Å². The molecule has 1 aliphatic carbocycles. The maximum Gasteiger partial charge on any atom is 0.0773 e. The molecule has 1 N–H and O–H groups in total. The maximum absolute atomic E-state index is 4.69. The van der Waals surface area contributed by atoms with E-state index in [0.29, 0.717) is 12.0 Å². The van der Waals surface area contributed by atoms with Gasteiger partial charge in [-0.3, -0.25) is 0 Å². The van der Waals surface area contributed by atoms with Crippen molar-refractivity contribution in [3.05, 3.63) is 77.4 Å². The standard InChI is InChI=1S/C20H20N2/c1-3-8-15(9-4-1)14-17-12-7-13-18-19(21-22-20(17)18)16-10-5-2-6-11-16/h1-6,8-11,14,18-19,21H,7,12-13H2/b17-14+/t18-,19+/m0/s1. The molecule has 2 aromatic rings. The minimum absolute atomic E-state index is 0.329. The first-order valence-corrected chi connectivity index (χ1v) is 8.06. The topological polar surface area (TPSA) is 24.4 Å². The van der Waals surface area contributed by atoms with Gasteiger partial charge in [-0.05, 0) is 42.0 Å². The van der Waals surface area contributed by atoms with E-state index in [9.17, 15) is 0 Å². The minimum Gasteiger partial charge on any atom is -0.302 e. The van der Waals surface area contributed by atoms with E-state index >= 15 is 0 Å². The average molecular weight is 288 g/mol. The fraction of sp³-hybridized carbons (Fsp3) is 0.250. The Hall–Kier alpha value is -2.35. The molecule has 0 radical (unpaired) electrons. The van der Waals surface area contributed by atoms with Crippen LogP contribution in [-0.2, 0) is 0 Å². The van der Waals surface area contributed by atoms with E-state index in [1.54, 1.807) is 0 Å². The molecule has 4 rings (SSSR count). The quantitative estimate of drug-likeness (QED) is 0.860. The third-order valence-corrected chi connectivity index (χ3v) is 4.67. The van der Waals surface area contributed by atoms with Gasteiger partial charge in [0.1, 0.15) is 0 Å². The van der Waals surface area contributed by atoms with Gasteiger partial charge in [0.2, 0.25) is 0 Å². The lowest BCUT2D eigenvalue weighted by Crippen LogP contribution is -2.25. The van der Waals surface area contributed by atoms with Crippen molar-refractivity contribution < 1.29 is 0 Å². The smallest absolute Gasteiger partial charge is 0.0773 e. The number of hydrogen-bond acceptors (Lipinski definition) is 2. The van der Waals surface area contributed by atoms with Crippen LogP contribution in [-0.4, -0.2) is 5.71 Å². The Morgan fingerprint density at radius 2 is 1.68 bits per heavy atom. The highest BCUT2D eigenvalue weighted by atomic mass is 15.3. The average Bonchev–Trinajstić information content (AvgIpc) is 3.02. The highest BCUT2D eigenvalue weighted by Gasteiger charge is 2.36. The second-order valence-electron chi connectivity index (χ2n) is 6.09. The predicted molar refractivity (Wildman–Crippen MR) is 91.5 cm³/mol. The fourth-order valence-electron chi connectivity index (χ4n) is 3.59. The molecule has 0 unspecified atom stereocenters. The van der Waals surface area contributed by atoms with Crippen molar-refractivity contribution >= 4 is 11.8 Å². The zero-order chi connectivity index (χ0) is 14.8. The molecule has 2 aromatic carbocycles. The zero-order valence-corrected chi connectivity index (χ0v) is 12.6. The van der Waals surface area contributed by atoms with Gasteiger partial charge in [-0.15, -0.1) is 0 Å². The van der Waals surface area contributed by atoms with E-state index in [0.717, 1.165) is 6.42 Å². The molecule has 1 heterocycles. The minimum atomic E-state index is 0.329. The number of nitrogens with zero attached hydrogens (tertiary/aromatic N) is 1. The molecule has 0 spiro atoms. The lowest BCUT2D eigenvalue weighted by molar-refractivity contribution is 0.451. The Kier molecular flexibility index (Phi) is 3.51. The van der Waals surface area contributed by atoms with Gasteiger partial charge in [-0.2, -0.15) is 5.10 Å². The van der Waals surface area contributed by atoms with Gasteiger partial charge in [-0.25, -0.2) is 0 Å². The first-order valence-electron chi connectivity index (χ1n) is 8.06. The van der Waals surface area contributed by atoms with E-state index in [1.807, 2.05) is 0 Å². The summed E-state index contributed by atoms with van der Waals surface area (Å²) in [6.07, 6.45) is 5.90. The molecule has 2 nitrogen and oxygen atoms in total. The van der Waals surface area contributed by atoms with Crippen LogP contribution in [0.4, 0.5) is 0 Å². The van der Waals surface area contributed by atoms with Crippen LogP contribution in [0, 0.1) is 5.92 Å². The number of fused-ring (bicyclic) bond motifs is 1. The maximum atomic E-state index is 4.69. The van der Waals surface area contributed by atoms with Crippen LogP contribution in [0.25, 0.3) is 6.08 Å². The van der Waals surface area contributed by atoms with Gasteiger partial charge < -0.3 is 5.43 Å². The third kappa shape index (κ3) is 2.45. The molecule has 0 bridgehead atoms. The largest absolute Gasteiger partial charge is 0.302 e. The monoisotopic (exact) mass is 288 g/mol. The Morgan fingerprint density at radius 3 is 2.45 bits per heavy atom. The summed E-state index contributed by atoms with van der Waals surface area (Å²) in [6, 6.07) is 21.6. The van der Waals surface area contributed by atoms with Crippen molar-refractivity contribution in [2.24, 2.45) is 11.0 Å². The summed E-state index contributed by atoms with van der Waals surface area (Å²) in [5.41, 5.74) is 8.65. The van der Waals surface area contributed by atoms with Crippen molar-refractivity contribution in [1.29, 1.82) is 0 Å². The van der Waals surface area contributed by atoms with Crippen LogP contribution in [0.2, 0.25) is 0 Å². The van der Waals surface area contributed by atoms with E-state index in [1.165, 1.54) is 35.3 Å². The van der Waals surface area contributed by atoms with Gasteiger partial charge in [0.15, 0.2) is 0 Å². The van der Waals surface area contributed by atoms with Crippen LogP contribution in [0.5, 0.6) is 0 Å². The highest BCUT2D eigenvalue weighted by molar-refractivity contribution is 6.07. The lowest BCUT2D eigenvalue weighted by Gasteiger charge is -2.26. The lowest BCUT2D eigenvalue weighted by atomic mass is 9.78. The second-order valence-corrected chi connectivity index (χ2v) is 6.09. The van der Waals surface area contributed by atoms with E-state index < -0.39 is 0 Å². The summed E-state index contributed by atoms with van der Waals surface area (Å²) in [4.78, 5) is 0.